The fraction of sp³-hybridized carbons (Fsp3) is 0.455. The van der Waals surface area contributed by atoms with Gasteiger partial charge in [0.2, 0.25) is 0 Å². The molecule has 0 heterocycles. The summed E-state index contributed by atoms with van der Waals surface area (Å²) in [7, 11) is 0. The lowest BCUT2D eigenvalue weighted by molar-refractivity contribution is -0.137. The van der Waals surface area contributed by atoms with Gasteiger partial charge in [0.15, 0.2) is 0 Å². The zero-order valence-electron chi connectivity index (χ0n) is 9.10. The molecule has 1 aromatic rings. The number of halogens is 3. The fourth-order valence-corrected chi connectivity index (χ4v) is 1.10. The number of hydrogen-bond acceptors (Lipinski definition) is 2. The molecule has 0 atom stereocenters. The number of rotatable bonds is 3. The average molecular weight is 233 g/mol. The van der Waals surface area contributed by atoms with Gasteiger partial charge >= 0.3 is 6.18 Å². The Morgan fingerprint density at radius 2 is 1.62 bits per heavy atom. The lowest BCUT2D eigenvalue weighted by Gasteiger charge is -2.18. The summed E-state index contributed by atoms with van der Waals surface area (Å²) in [6.45, 7) is 3.51. The molecule has 16 heavy (non-hydrogen) atoms. The van der Waals surface area contributed by atoms with Crippen LogP contribution in [0.4, 0.5) is 18.9 Å². The summed E-state index contributed by atoms with van der Waals surface area (Å²) in [6, 6.07) is 4.70. The average Bonchev–Trinajstić information content (AvgIpc) is 2.13. The second kappa shape index (κ2) is 4.33. The maximum absolute atomic E-state index is 12.2. The van der Waals surface area contributed by atoms with Gasteiger partial charge in [-0.1, -0.05) is 0 Å². The summed E-state index contributed by atoms with van der Waals surface area (Å²) in [4.78, 5) is 0. The molecule has 0 bridgehead atoms. The summed E-state index contributed by atoms with van der Waals surface area (Å²) in [5.74, 6) is 0. The molecule has 0 aliphatic rings. The lowest BCUT2D eigenvalue weighted by atomic mass is 10.1. The highest BCUT2D eigenvalue weighted by molar-refractivity contribution is 5.45. The Kier molecular flexibility index (Phi) is 3.48. The van der Waals surface area contributed by atoms with Crippen molar-refractivity contribution in [3.05, 3.63) is 29.8 Å². The van der Waals surface area contributed by atoms with E-state index in [-0.39, 0.29) is 6.54 Å². The predicted octanol–water partition coefficient (Wildman–Crippen LogP) is 2.89. The molecular weight excluding hydrogens is 219 g/mol. The van der Waals surface area contributed by atoms with Crippen LogP contribution in [0.25, 0.3) is 0 Å². The largest absolute Gasteiger partial charge is 0.416 e. The van der Waals surface area contributed by atoms with Gasteiger partial charge in [-0.2, -0.15) is 13.2 Å². The minimum Gasteiger partial charge on any atom is -0.389 e. The number of benzene rings is 1. The van der Waals surface area contributed by atoms with Gasteiger partial charge in [-0.3, -0.25) is 0 Å². The number of aliphatic hydroxyl groups is 1. The fourth-order valence-electron chi connectivity index (χ4n) is 1.10. The molecule has 90 valence electrons. The molecule has 0 fully saturated rings. The number of anilines is 1. The van der Waals surface area contributed by atoms with Crippen molar-refractivity contribution in [3.63, 3.8) is 0 Å². The van der Waals surface area contributed by atoms with Gasteiger partial charge in [-0.25, -0.2) is 0 Å². The molecule has 0 spiro atoms. The molecule has 0 radical (unpaired) electrons. The molecule has 0 aliphatic heterocycles. The molecule has 1 rings (SSSR count). The zero-order chi connectivity index (χ0) is 12.4. The van der Waals surface area contributed by atoms with Crippen molar-refractivity contribution in [2.45, 2.75) is 25.6 Å². The van der Waals surface area contributed by atoms with E-state index in [1.54, 1.807) is 13.8 Å². The number of alkyl halides is 3. The minimum absolute atomic E-state index is 0.276. The summed E-state index contributed by atoms with van der Waals surface area (Å²) >= 11 is 0. The van der Waals surface area contributed by atoms with Crippen molar-refractivity contribution >= 4 is 5.69 Å². The third-order valence-corrected chi connectivity index (χ3v) is 1.94. The Morgan fingerprint density at radius 1 is 1.12 bits per heavy atom. The quantitative estimate of drug-likeness (QED) is 0.841. The summed E-state index contributed by atoms with van der Waals surface area (Å²) in [6.07, 6.45) is -4.31. The van der Waals surface area contributed by atoms with E-state index < -0.39 is 17.3 Å². The van der Waals surface area contributed by atoms with Gasteiger partial charge in [0.1, 0.15) is 0 Å². The van der Waals surface area contributed by atoms with E-state index in [9.17, 15) is 18.3 Å². The van der Waals surface area contributed by atoms with E-state index in [0.29, 0.717) is 5.69 Å². The Balaban J connectivity index is 2.66. The second-order valence-electron chi connectivity index (χ2n) is 4.24. The Morgan fingerprint density at radius 3 is 2.00 bits per heavy atom. The molecule has 0 aliphatic carbocycles. The van der Waals surface area contributed by atoms with Crippen LogP contribution in [-0.2, 0) is 6.18 Å². The first kappa shape index (κ1) is 12.8. The van der Waals surface area contributed by atoms with E-state index >= 15 is 0 Å². The summed E-state index contributed by atoms with van der Waals surface area (Å²) in [5.41, 5.74) is -1.03. The standard InChI is InChI=1S/C11H14F3NO/c1-10(2,16)7-15-9-5-3-8(4-6-9)11(12,13)14/h3-6,15-16H,7H2,1-2H3. The summed E-state index contributed by atoms with van der Waals surface area (Å²) < 4.78 is 36.7. The van der Waals surface area contributed by atoms with Gasteiger partial charge in [0.25, 0.3) is 0 Å². The third kappa shape index (κ3) is 4.10. The van der Waals surface area contributed by atoms with Gasteiger partial charge in [0, 0.05) is 12.2 Å². The summed E-state index contributed by atoms with van der Waals surface area (Å²) in [5, 5.41) is 12.3. The number of nitrogens with one attached hydrogen (secondary N) is 1. The van der Waals surface area contributed by atoms with Crippen LogP contribution in [0.1, 0.15) is 19.4 Å². The first-order valence-electron chi connectivity index (χ1n) is 4.82. The van der Waals surface area contributed by atoms with Crippen LogP contribution in [0.2, 0.25) is 0 Å². The van der Waals surface area contributed by atoms with Crippen LogP contribution in [0.15, 0.2) is 24.3 Å². The van der Waals surface area contributed by atoms with E-state index in [4.69, 9.17) is 0 Å². The Hall–Kier alpha value is -1.23. The topological polar surface area (TPSA) is 32.3 Å². The third-order valence-electron chi connectivity index (χ3n) is 1.94. The van der Waals surface area contributed by atoms with Crippen LogP contribution in [0, 0.1) is 0 Å². The zero-order valence-corrected chi connectivity index (χ0v) is 9.10. The van der Waals surface area contributed by atoms with Crippen molar-refractivity contribution in [1.82, 2.24) is 0 Å². The smallest absolute Gasteiger partial charge is 0.389 e. The van der Waals surface area contributed by atoms with Crippen LogP contribution < -0.4 is 5.32 Å². The molecule has 1 aromatic carbocycles. The molecule has 0 aromatic heterocycles. The van der Waals surface area contributed by atoms with Gasteiger partial charge in [-0.15, -0.1) is 0 Å². The van der Waals surface area contributed by atoms with Crippen molar-refractivity contribution in [3.8, 4) is 0 Å². The molecule has 2 nitrogen and oxygen atoms in total. The van der Waals surface area contributed by atoms with Gasteiger partial charge in [-0.05, 0) is 38.1 Å². The van der Waals surface area contributed by atoms with Crippen LogP contribution >= 0.6 is 0 Å². The molecule has 0 saturated carbocycles. The molecule has 5 heteroatoms. The highest BCUT2D eigenvalue weighted by Gasteiger charge is 2.29. The maximum Gasteiger partial charge on any atom is 0.416 e. The highest BCUT2D eigenvalue weighted by Crippen LogP contribution is 2.29. The molecule has 0 amide bonds. The second-order valence-corrected chi connectivity index (χ2v) is 4.24. The SMILES string of the molecule is CC(C)(O)CNc1ccc(C(F)(F)F)cc1. The van der Waals surface area contributed by atoms with Crippen molar-refractivity contribution in [1.29, 1.82) is 0 Å². The number of hydrogen-bond donors (Lipinski definition) is 2. The van der Waals surface area contributed by atoms with Crippen molar-refractivity contribution < 1.29 is 18.3 Å². The normalized spacial score (nSPS) is 12.6. The first-order valence-corrected chi connectivity index (χ1v) is 4.82. The monoisotopic (exact) mass is 233 g/mol. The molecule has 0 unspecified atom stereocenters. The highest BCUT2D eigenvalue weighted by atomic mass is 19.4. The minimum atomic E-state index is -4.31. The van der Waals surface area contributed by atoms with Crippen molar-refractivity contribution in [2.75, 3.05) is 11.9 Å². The lowest BCUT2D eigenvalue weighted by Crippen LogP contribution is -2.29. The maximum atomic E-state index is 12.2. The predicted molar refractivity (Wildman–Crippen MR) is 56.2 cm³/mol. The Bertz CT molecular complexity index is 338. The molecule has 0 saturated heterocycles. The van der Waals surface area contributed by atoms with Crippen LogP contribution in [-0.4, -0.2) is 17.3 Å². The van der Waals surface area contributed by atoms with Gasteiger partial charge < -0.3 is 10.4 Å². The molecular formula is C11H14F3NO. The van der Waals surface area contributed by atoms with E-state index in [1.807, 2.05) is 0 Å². The van der Waals surface area contributed by atoms with E-state index in [2.05, 4.69) is 5.32 Å². The Labute approximate surface area is 92.1 Å². The first-order chi connectivity index (χ1) is 7.18. The van der Waals surface area contributed by atoms with Crippen molar-refractivity contribution in [2.24, 2.45) is 0 Å². The van der Waals surface area contributed by atoms with Crippen LogP contribution in [0.3, 0.4) is 0 Å². The van der Waals surface area contributed by atoms with E-state index in [0.717, 1.165) is 12.1 Å². The van der Waals surface area contributed by atoms with E-state index in [1.165, 1.54) is 12.1 Å². The van der Waals surface area contributed by atoms with Gasteiger partial charge in [0.05, 0.1) is 11.2 Å². The molecule has 2 N–H and O–H groups in total. The van der Waals surface area contributed by atoms with Crippen LogP contribution in [0.5, 0.6) is 0 Å².